The summed E-state index contributed by atoms with van der Waals surface area (Å²) in [5.74, 6) is 0. The normalized spacial score (nSPS) is 10.5. The maximum absolute atomic E-state index is 5.95. The van der Waals surface area contributed by atoms with Crippen LogP contribution in [0.2, 0.25) is 0 Å². The summed E-state index contributed by atoms with van der Waals surface area (Å²) in [6, 6.07) is 20.1. The number of anilines is 1. The number of para-hydroxylation sites is 1. The summed E-state index contributed by atoms with van der Waals surface area (Å²) in [6.45, 7) is 0. The van der Waals surface area contributed by atoms with Crippen LogP contribution in [0.4, 0.5) is 5.69 Å². The lowest BCUT2D eigenvalue weighted by molar-refractivity contribution is 1.000. The summed E-state index contributed by atoms with van der Waals surface area (Å²) in [7, 11) is 0. The lowest BCUT2D eigenvalue weighted by Crippen LogP contribution is -1.95. The lowest BCUT2D eigenvalue weighted by Gasteiger charge is -2.02. The molecule has 0 aliphatic carbocycles. The highest BCUT2D eigenvalue weighted by atomic mass is 15.1. The molecule has 0 spiro atoms. The number of hydrogen-bond donors (Lipinski definition) is 2. The number of aromatic amines is 1. The fourth-order valence-corrected chi connectivity index (χ4v) is 2.11. The lowest BCUT2D eigenvalue weighted by atomic mass is 10.1. The number of nitrogens with one attached hydrogen (secondary N) is 1. The SMILES string of the molecule is Nc1ccccc1Cc1cc(-c2ccccc2)n[nH]1. The molecule has 0 unspecified atom stereocenters. The fraction of sp³-hybridized carbons (Fsp3) is 0.0625. The van der Waals surface area contributed by atoms with Crippen molar-refractivity contribution < 1.29 is 0 Å². The Morgan fingerprint density at radius 1 is 0.947 bits per heavy atom. The molecule has 3 heteroatoms. The Labute approximate surface area is 112 Å². The quantitative estimate of drug-likeness (QED) is 0.700. The molecule has 0 aliphatic heterocycles. The third-order valence-electron chi connectivity index (χ3n) is 3.14. The molecule has 2 aromatic carbocycles. The molecule has 3 nitrogen and oxygen atoms in total. The molecular formula is C16H15N3. The minimum Gasteiger partial charge on any atom is -0.398 e. The summed E-state index contributed by atoms with van der Waals surface area (Å²) in [4.78, 5) is 0. The number of nitrogens with zero attached hydrogens (tertiary/aromatic N) is 1. The summed E-state index contributed by atoms with van der Waals surface area (Å²) in [6.07, 6.45) is 0.770. The van der Waals surface area contributed by atoms with E-state index in [0.717, 1.165) is 34.6 Å². The van der Waals surface area contributed by atoms with Crippen molar-refractivity contribution in [2.75, 3.05) is 5.73 Å². The van der Waals surface area contributed by atoms with E-state index in [-0.39, 0.29) is 0 Å². The van der Waals surface area contributed by atoms with Crippen molar-refractivity contribution in [3.05, 3.63) is 71.9 Å². The highest BCUT2D eigenvalue weighted by Crippen LogP contribution is 2.20. The number of H-pyrrole nitrogens is 1. The van der Waals surface area contributed by atoms with Gasteiger partial charge in [0.05, 0.1) is 5.69 Å². The van der Waals surface area contributed by atoms with Crippen LogP contribution in [0, 0.1) is 0 Å². The van der Waals surface area contributed by atoms with Gasteiger partial charge in [-0.05, 0) is 17.7 Å². The molecule has 19 heavy (non-hydrogen) atoms. The molecule has 3 rings (SSSR count). The molecule has 94 valence electrons. The smallest absolute Gasteiger partial charge is 0.0923 e. The number of rotatable bonds is 3. The zero-order chi connectivity index (χ0) is 13.1. The Hall–Kier alpha value is -2.55. The van der Waals surface area contributed by atoms with Crippen LogP contribution in [-0.2, 0) is 6.42 Å². The minimum absolute atomic E-state index is 0.770. The topological polar surface area (TPSA) is 54.7 Å². The number of nitrogens with two attached hydrogens (primary N) is 1. The maximum atomic E-state index is 5.95. The van der Waals surface area contributed by atoms with Gasteiger partial charge in [-0.1, -0.05) is 48.5 Å². The first-order valence-corrected chi connectivity index (χ1v) is 6.26. The van der Waals surface area contributed by atoms with Crippen LogP contribution in [0.1, 0.15) is 11.3 Å². The third kappa shape index (κ3) is 2.50. The first kappa shape index (κ1) is 11.5. The van der Waals surface area contributed by atoms with E-state index in [9.17, 15) is 0 Å². The predicted molar refractivity (Wildman–Crippen MR) is 77.7 cm³/mol. The molecule has 1 aromatic heterocycles. The standard InChI is InChI=1S/C16H15N3/c17-15-9-5-4-8-13(15)10-14-11-16(19-18-14)12-6-2-1-3-7-12/h1-9,11H,10,17H2,(H,18,19). The number of hydrogen-bond acceptors (Lipinski definition) is 2. The summed E-state index contributed by atoms with van der Waals surface area (Å²) in [5.41, 5.74) is 11.0. The largest absolute Gasteiger partial charge is 0.398 e. The third-order valence-corrected chi connectivity index (χ3v) is 3.14. The van der Waals surface area contributed by atoms with E-state index in [4.69, 9.17) is 5.73 Å². The van der Waals surface area contributed by atoms with Crippen LogP contribution in [0.3, 0.4) is 0 Å². The van der Waals surface area contributed by atoms with Gasteiger partial charge in [0.2, 0.25) is 0 Å². The molecule has 0 aliphatic rings. The maximum Gasteiger partial charge on any atom is 0.0923 e. The zero-order valence-electron chi connectivity index (χ0n) is 10.5. The van der Waals surface area contributed by atoms with Crippen LogP contribution in [0.15, 0.2) is 60.7 Å². The Morgan fingerprint density at radius 3 is 2.47 bits per heavy atom. The molecule has 1 heterocycles. The first-order chi connectivity index (χ1) is 9.33. The van der Waals surface area contributed by atoms with Gasteiger partial charge in [0.1, 0.15) is 0 Å². The summed E-state index contributed by atoms with van der Waals surface area (Å²) < 4.78 is 0. The van der Waals surface area contributed by atoms with E-state index < -0.39 is 0 Å². The number of nitrogen functional groups attached to an aromatic ring is 1. The van der Waals surface area contributed by atoms with E-state index in [1.54, 1.807) is 0 Å². The second kappa shape index (κ2) is 4.98. The summed E-state index contributed by atoms with van der Waals surface area (Å²) >= 11 is 0. The van der Waals surface area contributed by atoms with Crippen molar-refractivity contribution in [1.29, 1.82) is 0 Å². The van der Waals surface area contributed by atoms with Gasteiger partial charge in [-0.3, -0.25) is 5.10 Å². The molecule has 0 radical (unpaired) electrons. The monoisotopic (exact) mass is 249 g/mol. The van der Waals surface area contributed by atoms with Crippen molar-refractivity contribution in [2.45, 2.75) is 6.42 Å². The fourth-order valence-electron chi connectivity index (χ4n) is 2.11. The predicted octanol–water partition coefficient (Wildman–Crippen LogP) is 3.25. The van der Waals surface area contributed by atoms with Crippen molar-refractivity contribution in [2.24, 2.45) is 0 Å². The van der Waals surface area contributed by atoms with E-state index in [1.807, 2.05) is 42.5 Å². The number of benzene rings is 2. The van der Waals surface area contributed by atoms with Crippen LogP contribution in [-0.4, -0.2) is 10.2 Å². The van der Waals surface area contributed by atoms with Gasteiger partial charge in [-0.25, -0.2) is 0 Å². The van der Waals surface area contributed by atoms with Gasteiger partial charge >= 0.3 is 0 Å². The molecule has 0 amide bonds. The highest BCUT2D eigenvalue weighted by molar-refractivity contribution is 5.59. The van der Waals surface area contributed by atoms with Gasteiger partial charge in [0.25, 0.3) is 0 Å². The minimum atomic E-state index is 0.770. The molecule has 0 atom stereocenters. The Kier molecular flexibility index (Phi) is 3.02. The molecule has 3 N–H and O–H groups in total. The Morgan fingerprint density at radius 2 is 1.68 bits per heavy atom. The van der Waals surface area contributed by atoms with E-state index in [0.29, 0.717) is 0 Å². The van der Waals surface area contributed by atoms with E-state index in [2.05, 4.69) is 28.4 Å². The van der Waals surface area contributed by atoms with Crippen LogP contribution in [0.5, 0.6) is 0 Å². The van der Waals surface area contributed by atoms with Crippen molar-refractivity contribution >= 4 is 5.69 Å². The van der Waals surface area contributed by atoms with Crippen molar-refractivity contribution in [1.82, 2.24) is 10.2 Å². The van der Waals surface area contributed by atoms with Gasteiger partial charge < -0.3 is 5.73 Å². The highest BCUT2D eigenvalue weighted by Gasteiger charge is 2.05. The van der Waals surface area contributed by atoms with E-state index in [1.165, 1.54) is 0 Å². The van der Waals surface area contributed by atoms with Gasteiger partial charge in [-0.15, -0.1) is 0 Å². The number of aromatic nitrogens is 2. The van der Waals surface area contributed by atoms with Gasteiger partial charge in [0, 0.05) is 23.4 Å². The van der Waals surface area contributed by atoms with Crippen molar-refractivity contribution in [3.8, 4) is 11.3 Å². The molecule has 0 fully saturated rings. The van der Waals surface area contributed by atoms with E-state index >= 15 is 0 Å². The van der Waals surface area contributed by atoms with Crippen LogP contribution < -0.4 is 5.73 Å². The molecule has 0 bridgehead atoms. The molecular weight excluding hydrogens is 234 g/mol. The van der Waals surface area contributed by atoms with Crippen LogP contribution >= 0.6 is 0 Å². The molecule has 3 aromatic rings. The van der Waals surface area contributed by atoms with Gasteiger partial charge in [0.15, 0.2) is 0 Å². The first-order valence-electron chi connectivity index (χ1n) is 6.26. The van der Waals surface area contributed by atoms with Crippen molar-refractivity contribution in [3.63, 3.8) is 0 Å². The average Bonchev–Trinajstić information content (AvgIpc) is 2.91. The molecule has 0 saturated heterocycles. The Bertz CT molecular complexity index is 671. The molecule has 0 saturated carbocycles. The average molecular weight is 249 g/mol. The second-order valence-electron chi connectivity index (χ2n) is 4.52. The van der Waals surface area contributed by atoms with Crippen LogP contribution in [0.25, 0.3) is 11.3 Å². The van der Waals surface area contributed by atoms with Gasteiger partial charge in [-0.2, -0.15) is 5.10 Å². The zero-order valence-corrected chi connectivity index (χ0v) is 10.5. The summed E-state index contributed by atoms with van der Waals surface area (Å²) in [5, 5.41) is 7.42. The Balaban J connectivity index is 1.85. The second-order valence-corrected chi connectivity index (χ2v) is 4.52.